The third kappa shape index (κ3) is 3.73. The van der Waals surface area contributed by atoms with Crippen molar-refractivity contribution in [3.05, 3.63) is 38.3 Å². The summed E-state index contributed by atoms with van der Waals surface area (Å²) in [7, 11) is 0. The van der Waals surface area contributed by atoms with Crippen LogP contribution < -0.4 is 11.1 Å². The molecule has 19 heavy (non-hydrogen) atoms. The van der Waals surface area contributed by atoms with Gasteiger partial charge < -0.3 is 16.2 Å². The maximum Gasteiger partial charge on any atom is 0.284 e. The summed E-state index contributed by atoms with van der Waals surface area (Å²) in [5, 5.41) is 22.1. The van der Waals surface area contributed by atoms with E-state index in [0.29, 0.717) is 0 Å². The quantitative estimate of drug-likeness (QED) is 0.512. The zero-order valence-corrected chi connectivity index (χ0v) is 11.1. The molecule has 1 rings (SSSR count). The number of hydrogen-bond acceptors (Lipinski definition) is 5. The lowest BCUT2D eigenvalue weighted by Gasteiger charge is -2.09. The third-order valence-electron chi connectivity index (χ3n) is 2.20. The number of aliphatic hydroxyl groups excluding tert-OH is 1. The Kier molecular flexibility index (Phi) is 4.95. The Hall–Kier alpha value is -2.00. The number of benzene rings is 1. The average molecular weight is 332 g/mol. The molecule has 0 spiro atoms. The van der Waals surface area contributed by atoms with Gasteiger partial charge >= 0.3 is 0 Å². The smallest absolute Gasteiger partial charge is 0.284 e. The predicted molar refractivity (Wildman–Crippen MR) is 68.3 cm³/mol. The minimum absolute atomic E-state index is 0.0193. The van der Waals surface area contributed by atoms with Gasteiger partial charge in [0.2, 0.25) is 5.91 Å². The first-order valence-corrected chi connectivity index (χ1v) is 5.82. The molecule has 1 aromatic rings. The predicted octanol–water partition coefficient (Wildman–Crippen LogP) is -0.0667. The van der Waals surface area contributed by atoms with Crippen molar-refractivity contribution in [3.63, 3.8) is 0 Å². The summed E-state index contributed by atoms with van der Waals surface area (Å²) in [5.41, 5.74) is 4.57. The van der Waals surface area contributed by atoms with Crippen molar-refractivity contribution in [3.8, 4) is 0 Å². The van der Waals surface area contributed by atoms with E-state index in [1.807, 2.05) is 0 Å². The number of carbonyl (C=O) groups is 2. The molecule has 0 aliphatic rings. The minimum atomic E-state index is -1.51. The number of carbonyl (C=O) groups excluding carboxylic acids is 2. The van der Waals surface area contributed by atoms with Crippen LogP contribution in [-0.4, -0.2) is 34.5 Å². The maximum absolute atomic E-state index is 11.7. The maximum atomic E-state index is 11.7. The summed E-state index contributed by atoms with van der Waals surface area (Å²) in [5.74, 6) is -1.64. The van der Waals surface area contributed by atoms with Crippen molar-refractivity contribution in [2.45, 2.75) is 6.10 Å². The van der Waals surface area contributed by atoms with E-state index in [1.165, 1.54) is 18.2 Å². The average Bonchev–Trinajstić information content (AvgIpc) is 2.35. The number of nitrogens with one attached hydrogen (secondary N) is 1. The summed E-state index contributed by atoms with van der Waals surface area (Å²) in [4.78, 5) is 32.4. The lowest BCUT2D eigenvalue weighted by Crippen LogP contribution is -2.40. The van der Waals surface area contributed by atoms with Crippen molar-refractivity contribution < 1.29 is 19.6 Å². The van der Waals surface area contributed by atoms with Crippen LogP contribution in [0.5, 0.6) is 0 Å². The van der Waals surface area contributed by atoms with E-state index >= 15 is 0 Å². The fourth-order valence-electron chi connectivity index (χ4n) is 1.22. The molecule has 0 heterocycles. The Bertz CT molecular complexity index is 534. The van der Waals surface area contributed by atoms with Crippen LogP contribution in [0.2, 0.25) is 0 Å². The normalized spacial score (nSPS) is 11.7. The standard InChI is InChI=1S/C10H10BrN3O5/c11-8-5(2-1-3-6(8)14(18)19)10(17)13-4-7(15)9(12)16/h1-3,7,15H,4H2,(H2,12,16)(H,13,17). The molecule has 0 saturated heterocycles. The molecule has 1 atom stereocenters. The number of halogens is 1. The van der Waals surface area contributed by atoms with E-state index in [-0.39, 0.29) is 22.3 Å². The van der Waals surface area contributed by atoms with Gasteiger partial charge in [-0.3, -0.25) is 19.7 Å². The number of nitro benzene ring substituents is 1. The topological polar surface area (TPSA) is 136 Å². The van der Waals surface area contributed by atoms with Crippen molar-refractivity contribution in [1.29, 1.82) is 0 Å². The second-order valence-corrected chi connectivity index (χ2v) is 4.32. The second-order valence-electron chi connectivity index (χ2n) is 3.52. The van der Waals surface area contributed by atoms with Gasteiger partial charge in [-0.25, -0.2) is 0 Å². The second kappa shape index (κ2) is 6.25. The summed E-state index contributed by atoms with van der Waals surface area (Å²) >= 11 is 2.96. The Morgan fingerprint density at radius 3 is 2.68 bits per heavy atom. The summed E-state index contributed by atoms with van der Waals surface area (Å²) < 4.78 is 0.0195. The molecule has 0 aliphatic carbocycles. The fourth-order valence-corrected chi connectivity index (χ4v) is 1.81. The van der Waals surface area contributed by atoms with Crippen molar-refractivity contribution >= 4 is 33.4 Å². The molecule has 0 bridgehead atoms. The number of hydrogen-bond donors (Lipinski definition) is 3. The van der Waals surface area contributed by atoms with E-state index in [0.717, 1.165) is 0 Å². The lowest BCUT2D eigenvalue weighted by atomic mass is 10.2. The number of nitrogens with zero attached hydrogens (tertiary/aromatic N) is 1. The monoisotopic (exact) mass is 331 g/mol. The van der Waals surface area contributed by atoms with Gasteiger partial charge in [0.1, 0.15) is 10.6 Å². The van der Waals surface area contributed by atoms with Gasteiger partial charge in [0.15, 0.2) is 0 Å². The molecule has 0 aliphatic heterocycles. The van der Waals surface area contributed by atoms with Crippen LogP contribution in [-0.2, 0) is 4.79 Å². The van der Waals surface area contributed by atoms with Gasteiger partial charge in [0.25, 0.3) is 11.6 Å². The van der Waals surface area contributed by atoms with Gasteiger partial charge in [-0.2, -0.15) is 0 Å². The highest BCUT2D eigenvalue weighted by Crippen LogP contribution is 2.28. The first-order chi connectivity index (χ1) is 8.84. The van der Waals surface area contributed by atoms with Crippen molar-refractivity contribution in [2.24, 2.45) is 5.73 Å². The molecular formula is C10H10BrN3O5. The molecule has 0 saturated carbocycles. The molecule has 1 aromatic carbocycles. The van der Waals surface area contributed by atoms with Crippen LogP contribution in [0.3, 0.4) is 0 Å². The van der Waals surface area contributed by atoms with Gasteiger partial charge in [-0.1, -0.05) is 6.07 Å². The van der Waals surface area contributed by atoms with Crippen LogP contribution in [0, 0.1) is 10.1 Å². The lowest BCUT2D eigenvalue weighted by molar-refractivity contribution is -0.385. The van der Waals surface area contributed by atoms with E-state index < -0.39 is 22.8 Å². The van der Waals surface area contributed by atoms with Gasteiger partial charge in [0, 0.05) is 6.07 Å². The largest absolute Gasteiger partial charge is 0.381 e. The van der Waals surface area contributed by atoms with E-state index in [4.69, 9.17) is 10.8 Å². The first-order valence-electron chi connectivity index (χ1n) is 5.03. The Morgan fingerprint density at radius 2 is 2.16 bits per heavy atom. The summed E-state index contributed by atoms with van der Waals surface area (Å²) in [6.45, 7) is -0.372. The Balaban J connectivity index is 2.86. The highest BCUT2D eigenvalue weighted by Gasteiger charge is 2.20. The number of primary amides is 1. The van der Waals surface area contributed by atoms with E-state index in [9.17, 15) is 19.7 Å². The number of aliphatic hydroxyl groups is 1. The molecule has 9 heteroatoms. The number of nitrogens with two attached hydrogens (primary N) is 1. The molecule has 2 amide bonds. The molecule has 0 radical (unpaired) electrons. The minimum Gasteiger partial charge on any atom is -0.381 e. The van der Waals surface area contributed by atoms with E-state index in [1.54, 1.807) is 0 Å². The van der Waals surface area contributed by atoms with Crippen LogP contribution >= 0.6 is 15.9 Å². The van der Waals surface area contributed by atoms with Crippen LogP contribution in [0.4, 0.5) is 5.69 Å². The number of rotatable bonds is 5. The molecule has 8 nitrogen and oxygen atoms in total. The molecule has 4 N–H and O–H groups in total. The zero-order chi connectivity index (χ0) is 14.6. The molecule has 0 fully saturated rings. The summed E-state index contributed by atoms with van der Waals surface area (Å²) in [6, 6.07) is 3.95. The molecule has 1 unspecified atom stereocenters. The number of nitro groups is 1. The van der Waals surface area contributed by atoms with Gasteiger partial charge in [-0.15, -0.1) is 0 Å². The number of amides is 2. The zero-order valence-electron chi connectivity index (χ0n) is 9.50. The van der Waals surface area contributed by atoms with E-state index in [2.05, 4.69) is 21.2 Å². The van der Waals surface area contributed by atoms with Crippen molar-refractivity contribution in [1.82, 2.24) is 5.32 Å². The fraction of sp³-hybridized carbons (Fsp3) is 0.200. The molecule has 102 valence electrons. The molecular weight excluding hydrogens is 322 g/mol. The van der Waals surface area contributed by atoms with Crippen LogP contribution in [0.15, 0.2) is 22.7 Å². The van der Waals surface area contributed by atoms with Crippen molar-refractivity contribution in [2.75, 3.05) is 6.54 Å². The van der Waals surface area contributed by atoms with Crippen LogP contribution in [0.1, 0.15) is 10.4 Å². The van der Waals surface area contributed by atoms with Crippen LogP contribution in [0.25, 0.3) is 0 Å². The highest BCUT2D eigenvalue weighted by molar-refractivity contribution is 9.10. The van der Waals surface area contributed by atoms with Gasteiger partial charge in [-0.05, 0) is 22.0 Å². The first kappa shape index (κ1) is 15.1. The Morgan fingerprint density at radius 1 is 1.53 bits per heavy atom. The highest BCUT2D eigenvalue weighted by atomic mass is 79.9. The summed E-state index contributed by atoms with van der Waals surface area (Å²) in [6.07, 6.45) is -1.51. The molecule has 0 aromatic heterocycles. The van der Waals surface area contributed by atoms with Gasteiger partial charge in [0.05, 0.1) is 17.0 Å². The Labute approximate surface area is 115 Å². The third-order valence-corrected chi connectivity index (χ3v) is 3.04. The SMILES string of the molecule is NC(=O)C(O)CNC(=O)c1cccc([N+](=O)[O-])c1Br.